The van der Waals surface area contributed by atoms with Crippen molar-refractivity contribution in [3.05, 3.63) is 71.8 Å². The fourth-order valence-electron chi connectivity index (χ4n) is 2.55. The first-order valence-electron chi connectivity index (χ1n) is 6.95. The van der Waals surface area contributed by atoms with Gasteiger partial charge in [0.05, 0.1) is 0 Å². The van der Waals surface area contributed by atoms with Crippen LogP contribution in [0.15, 0.2) is 60.7 Å². The molecule has 2 aromatic carbocycles. The predicted octanol–water partition coefficient (Wildman–Crippen LogP) is 3.03. The highest BCUT2D eigenvalue weighted by Gasteiger charge is 2.42. The molecule has 0 aromatic heterocycles. The molecule has 1 aliphatic heterocycles. The van der Waals surface area contributed by atoms with Gasteiger partial charge >= 0.3 is 5.97 Å². The maximum absolute atomic E-state index is 12.8. The van der Waals surface area contributed by atoms with E-state index in [-0.39, 0.29) is 11.3 Å². The Morgan fingerprint density at radius 2 is 1.59 bits per heavy atom. The molecule has 0 unspecified atom stereocenters. The third kappa shape index (κ3) is 2.72. The monoisotopic (exact) mass is 313 g/mol. The quantitative estimate of drug-likeness (QED) is 0.946. The number of carbonyl (C=O) groups is 2. The van der Waals surface area contributed by atoms with Crippen LogP contribution in [0.3, 0.4) is 0 Å². The molecule has 112 valence electrons. The molecule has 3 rings (SSSR count). The maximum atomic E-state index is 12.8. The number of hydrogen-bond acceptors (Lipinski definition) is 3. The molecule has 0 spiro atoms. The Morgan fingerprint density at radius 3 is 2.18 bits per heavy atom. The highest BCUT2D eigenvalue weighted by molar-refractivity contribution is 7.99. The number of benzene rings is 2. The highest BCUT2D eigenvalue weighted by atomic mass is 32.2. The van der Waals surface area contributed by atoms with Crippen LogP contribution in [0.2, 0.25) is 0 Å². The number of carboxylic acid groups (broad SMARTS) is 1. The molecule has 1 aliphatic rings. The number of carbonyl (C=O) groups excluding carboxylic acids is 1. The van der Waals surface area contributed by atoms with E-state index in [2.05, 4.69) is 0 Å². The Labute approximate surface area is 132 Å². The zero-order valence-corrected chi connectivity index (χ0v) is 12.6. The van der Waals surface area contributed by atoms with E-state index < -0.39 is 12.0 Å². The summed E-state index contributed by atoms with van der Waals surface area (Å²) in [5, 5.41) is 9.17. The summed E-state index contributed by atoms with van der Waals surface area (Å²) in [6.07, 6.45) is 0. The zero-order chi connectivity index (χ0) is 15.5. The molecular formula is C17H15NO3S. The first kappa shape index (κ1) is 14.7. The molecular weight excluding hydrogens is 298 g/mol. The zero-order valence-electron chi connectivity index (χ0n) is 11.8. The maximum Gasteiger partial charge on any atom is 0.327 e. The van der Waals surface area contributed by atoms with Crippen molar-refractivity contribution in [3.8, 4) is 0 Å². The van der Waals surface area contributed by atoms with E-state index in [0.717, 1.165) is 5.56 Å². The standard InChI is InChI=1S/C17H15NO3S/c19-15(12-7-3-1-4-8-12)18-14(17(20)21)11-22-16(18)13-9-5-2-6-10-13/h1-10,14,16H,11H2,(H,20,21)/t14-,16-/m0/s1. The fraction of sp³-hybridized carbons (Fsp3) is 0.176. The van der Waals surface area contributed by atoms with Crippen LogP contribution >= 0.6 is 11.8 Å². The Morgan fingerprint density at radius 1 is 1.00 bits per heavy atom. The molecule has 1 fully saturated rings. The number of aliphatic carboxylic acids is 1. The van der Waals surface area contributed by atoms with Gasteiger partial charge in [-0.15, -0.1) is 11.8 Å². The highest BCUT2D eigenvalue weighted by Crippen LogP contribution is 2.42. The second-order valence-corrected chi connectivity index (χ2v) is 6.14. The minimum absolute atomic E-state index is 0.244. The molecule has 1 heterocycles. The third-order valence-electron chi connectivity index (χ3n) is 3.63. The average Bonchev–Trinajstić information content (AvgIpc) is 3.01. The van der Waals surface area contributed by atoms with Gasteiger partial charge in [-0.2, -0.15) is 0 Å². The smallest absolute Gasteiger partial charge is 0.327 e. The van der Waals surface area contributed by atoms with Crippen LogP contribution in [0.25, 0.3) is 0 Å². The molecule has 1 N–H and O–H groups in total. The van der Waals surface area contributed by atoms with Gasteiger partial charge in [-0.25, -0.2) is 4.79 Å². The van der Waals surface area contributed by atoms with Gasteiger partial charge in [0.2, 0.25) is 0 Å². The lowest BCUT2D eigenvalue weighted by Crippen LogP contribution is -2.42. The lowest BCUT2D eigenvalue weighted by Gasteiger charge is -2.27. The summed E-state index contributed by atoms with van der Waals surface area (Å²) in [5.41, 5.74) is 1.46. The second kappa shape index (κ2) is 6.23. The van der Waals surface area contributed by atoms with E-state index in [4.69, 9.17) is 0 Å². The van der Waals surface area contributed by atoms with Crippen molar-refractivity contribution < 1.29 is 14.7 Å². The normalized spacial score (nSPS) is 20.8. The SMILES string of the molecule is O=C(O)[C@@H]1CS[C@@H](c2ccccc2)N1C(=O)c1ccccc1. The van der Waals surface area contributed by atoms with Gasteiger partial charge in [0.25, 0.3) is 5.91 Å². The first-order chi connectivity index (χ1) is 10.7. The van der Waals surface area contributed by atoms with Gasteiger partial charge in [-0.3, -0.25) is 4.79 Å². The minimum Gasteiger partial charge on any atom is -0.480 e. The largest absolute Gasteiger partial charge is 0.480 e. The molecule has 2 atom stereocenters. The minimum atomic E-state index is -0.963. The van der Waals surface area contributed by atoms with Crippen LogP contribution < -0.4 is 0 Å². The summed E-state index contributed by atoms with van der Waals surface area (Å²) in [4.78, 5) is 25.8. The van der Waals surface area contributed by atoms with E-state index in [1.165, 1.54) is 16.7 Å². The fourth-order valence-corrected chi connectivity index (χ4v) is 3.97. The molecule has 4 nitrogen and oxygen atoms in total. The number of amides is 1. The predicted molar refractivity (Wildman–Crippen MR) is 85.7 cm³/mol. The molecule has 1 amide bonds. The van der Waals surface area contributed by atoms with Gasteiger partial charge < -0.3 is 10.0 Å². The van der Waals surface area contributed by atoms with E-state index in [1.807, 2.05) is 36.4 Å². The molecule has 5 heteroatoms. The number of nitrogens with zero attached hydrogens (tertiary/aromatic N) is 1. The lowest BCUT2D eigenvalue weighted by atomic mass is 10.1. The molecule has 0 radical (unpaired) electrons. The molecule has 0 bridgehead atoms. The average molecular weight is 313 g/mol. The Hall–Kier alpha value is -2.27. The Balaban J connectivity index is 1.98. The van der Waals surface area contributed by atoms with Crippen molar-refractivity contribution in [2.45, 2.75) is 11.4 Å². The van der Waals surface area contributed by atoms with Crippen LogP contribution in [0, 0.1) is 0 Å². The number of thioether (sulfide) groups is 1. The van der Waals surface area contributed by atoms with Crippen LogP contribution in [-0.4, -0.2) is 33.7 Å². The first-order valence-corrected chi connectivity index (χ1v) is 8.00. The Bertz CT molecular complexity index is 675. The Kier molecular flexibility index (Phi) is 4.15. The topological polar surface area (TPSA) is 57.6 Å². The molecule has 22 heavy (non-hydrogen) atoms. The van der Waals surface area contributed by atoms with Crippen LogP contribution in [0.4, 0.5) is 0 Å². The van der Waals surface area contributed by atoms with E-state index in [0.29, 0.717) is 11.3 Å². The van der Waals surface area contributed by atoms with Crippen molar-refractivity contribution in [2.24, 2.45) is 0 Å². The van der Waals surface area contributed by atoms with Crippen molar-refractivity contribution in [1.29, 1.82) is 0 Å². The van der Waals surface area contributed by atoms with E-state index in [1.54, 1.807) is 24.3 Å². The van der Waals surface area contributed by atoms with Gasteiger partial charge in [0.1, 0.15) is 11.4 Å². The summed E-state index contributed by atoms with van der Waals surface area (Å²) >= 11 is 1.49. The molecule has 2 aromatic rings. The van der Waals surface area contributed by atoms with E-state index in [9.17, 15) is 14.7 Å². The van der Waals surface area contributed by atoms with Crippen molar-refractivity contribution in [1.82, 2.24) is 4.90 Å². The van der Waals surface area contributed by atoms with Gasteiger partial charge in [0.15, 0.2) is 0 Å². The van der Waals surface area contributed by atoms with Crippen molar-refractivity contribution >= 4 is 23.6 Å². The van der Waals surface area contributed by atoms with Gasteiger partial charge in [-0.05, 0) is 17.7 Å². The number of carboxylic acids is 1. The molecule has 1 saturated heterocycles. The third-order valence-corrected chi connectivity index (χ3v) is 4.95. The van der Waals surface area contributed by atoms with Crippen LogP contribution in [0.5, 0.6) is 0 Å². The van der Waals surface area contributed by atoms with Gasteiger partial charge in [0, 0.05) is 11.3 Å². The van der Waals surface area contributed by atoms with Crippen LogP contribution in [-0.2, 0) is 4.79 Å². The van der Waals surface area contributed by atoms with Crippen molar-refractivity contribution in [2.75, 3.05) is 5.75 Å². The van der Waals surface area contributed by atoms with Gasteiger partial charge in [-0.1, -0.05) is 48.5 Å². The second-order valence-electron chi connectivity index (χ2n) is 5.03. The number of rotatable bonds is 3. The van der Waals surface area contributed by atoms with Crippen LogP contribution in [0.1, 0.15) is 21.3 Å². The number of hydrogen-bond donors (Lipinski definition) is 1. The van der Waals surface area contributed by atoms with E-state index >= 15 is 0 Å². The summed E-state index contributed by atoms with van der Waals surface area (Å²) in [7, 11) is 0. The summed E-state index contributed by atoms with van der Waals surface area (Å²) in [6.45, 7) is 0. The summed E-state index contributed by atoms with van der Waals surface area (Å²) < 4.78 is 0. The molecule has 0 saturated carbocycles. The molecule has 0 aliphatic carbocycles. The lowest BCUT2D eigenvalue weighted by molar-refractivity contribution is -0.141. The van der Waals surface area contributed by atoms with Crippen molar-refractivity contribution in [3.63, 3.8) is 0 Å². The summed E-state index contributed by atoms with van der Waals surface area (Å²) in [5.74, 6) is -0.810. The summed E-state index contributed by atoms with van der Waals surface area (Å²) in [6, 6.07) is 17.6.